The molecule has 0 aliphatic carbocycles. The molecule has 1 aromatic carbocycles. The van der Waals surface area contributed by atoms with E-state index in [0.717, 1.165) is 11.8 Å². The van der Waals surface area contributed by atoms with Crippen molar-refractivity contribution in [1.29, 1.82) is 0 Å². The number of thioether (sulfide) groups is 1. The minimum atomic E-state index is -0.967. The van der Waals surface area contributed by atoms with Gasteiger partial charge in [-0.1, -0.05) is 11.8 Å². The first kappa shape index (κ1) is 15.0. The fourth-order valence-corrected chi connectivity index (χ4v) is 2.95. The Hall–Kier alpha value is -1.41. The molecule has 0 amide bonds. The van der Waals surface area contributed by atoms with Crippen LogP contribution in [-0.2, 0) is 22.1 Å². The molecular formula is C12H13FN2O3S2. The van der Waals surface area contributed by atoms with Crippen LogP contribution in [0.3, 0.4) is 0 Å². The van der Waals surface area contributed by atoms with E-state index >= 15 is 0 Å². The molecule has 1 aromatic heterocycles. The lowest BCUT2D eigenvalue weighted by atomic mass is 10.3. The van der Waals surface area contributed by atoms with E-state index in [1.807, 2.05) is 0 Å². The number of aryl methyl sites for hydroxylation is 1. The molecule has 20 heavy (non-hydrogen) atoms. The summed E-state index contributed by atoms with van der Waals surface area (Å²) in [4.78, 5) is 14.9. The normalized spacial score (nSPS) is 12.7. The molecule has 1 unspecified atom stereocenters. The fourth-order valence-electron chi connectivity index (χ4n) is 1.75. The summed E-state index contributed by atoms with van der Waals surface area (Å²) in [6, 6.07) is 4.23. The minimum Gasteiger partial charge on any atom is -0.481 e. The Morgan fingerprint density at radius 3 is 2.95 bits per heavy atom. The van der Waals surface area contributed by atoms with Crippen molar-refractivity contribution in [1.82, 2.24) is 9.55 Å². The number of aromatic nitrogens is 2. The number of fused-ring (bicyclic) bond motifs is 1. The molecule has 0 saturated heterocycles. The number of imidazole rings is 1. The maximum absolute atomic E-state index is 13.2. The summed E-state index contributed by atoms with van der Waals surface area (Å²) in [5.74, 6) is -1.03. The SMILES string of the molecule is CS(=O)CCn1c(SCC(=O)O)nc2cc(F)ccc21. The standard InChI is InChI=1S/C12H13FN2O3S2/c1-20(18)5-4-15-10-3-2-8(13)6-9(10)14-12(15)19-7-11(16)17/h2-3,6H,4-5,7H2,1H3,(H,16,17). The molecule has 108 valence electrons. The van der Waals surface area contributed by atoms with Gasteiger partial charge < -0.3 is 9.67 Å². The molecule has 0 bridgehead atoms. The van der Waals surface area contributed by atoms with Crippen LogP contribution in [0.25, 0.3) is 11.0 Å². The van der Waals surface area contributed by atoms with Crippen molar-refractivity contribution in [2.24, 2.45) is 0 Å². The van der Waals surface area contributed by atoms with Gasteiger partial charge in [0, 0.05) is 35.4 Å². The van der Waals surface area contributed by atoms with E-state index in [4.69, 9.17) is 5.11 Å². The number of carboxylic acids is 1. The van der Waals surface area contributed by atoms with Crippen LogP contribution in [0, 0.1) is 5.82 Å². The first-order valence-electron chi connectivity index (χ1n) is 5.78. The summed E-state index contributed by atoms with van der Waals surface area (Å²) in [7, 11) is -0.967. The Labute approximate surface area is 121 Å². The van der Waals surface area contributed by atoms with Gasteiger partial charge in [0.2, 0.25) is 0 Å². The predicted molar refractivity (Wildman–Crippen MR) is 77.0 cm³/mol. The van der Waals surface area contributed by atoms with Crippen LogP contribution in [0.5, 0.6) is 0 Å². The van der Waals surface area contributed by atoms with Crippen molar-refractivity contribution < 1.29 is 18.5 Å². The van der Waals surface area contributed by atoms with Crippen molar-refractivity contribution in [3.05, 3.63) is 24.0 Å². The van der Waals surface area contributed by atoms with Gasteiger partial charge in [-0.15, -0.1) is 0 Å². The second-order valence-electron chi connectivity index (χ2n) is 4.14. The Balaban J connectivity index is 2.39. The fraction of sp³-hybridized carbons (Fsp3) is 0.333. The molecule has 2 aromatic rings. The van der Waals surface area contributed by atoms with Crippen LogP contribution in [0.2, 0.25) is 0 Å². The first-order valence-corrected chi connectivity index (χ1v) is 8.49. The highest BCUT2D eigenvalue weighted by Crippen LogP contribution is 2.24. The number of hydrogen-bond acceptors (Lipinski definition) is 4. The van der Waals surface area contributed by atoms with Gasteiger partial charge in [0.05, 0.1) is 16.8 Å². The van der Waals surface area contributed by atoms with E-state index in [1.54, 1.807) is 16.9 Å². The minimum absolute atomic E-state index is 0.124. The van der Waals surface area contributed by atoms with Gasteiger partial charge in [0.1, 0.15) is 5.82 Å². The highest BCUT2D eigenvalue weighted by Gasteiger charge is 2.13. The van der Waals surface area contributed by atoms with Gasteiger partial charge in [-0.3, -0.25) is 9.00 Å². The number of carboxylic acid groups (broad SMARTS) is 1. The van der Waals surface area contributed by atoms with Gasteiger partial charge in [-0.2, -0.15) is 0 Å². The third kappa shape index (κ3) is 3.57. The van der Waals surface area contributed by atoms with Gasteiger partial charge in [-0.05, 0) is 12.1 Å². The lowest BCUT2D eigenvalue weighted by Gasteiger charge is -2.06. The summed E-state index contributed by atoms with van der Waals surface area (Å²) in [5.41, 5.74) is 1.18. The maximum atomic E-state index is 13.2. The van der Waals surface area contributed by atoms with E-state index in [0.29, 0.717) is 28.5 Å². The highest BCUT2D eigenvalue weighted by molar-refractivity contribution is 7.99. The summed E-state index contributed by atoms with van der Waals surface area (Å²) < 4.78 is 26.2. The molecule has 5 nitrogen and oxygen atoms in total. The number of aliphatic carboxylic acids is 1. The summed E-state index contributed by atoms with van der Waals surface area (Å²) in [6.45, 7) is 0.452. The number of nitrogens with zero attached hydrogens (tertiary/aromatic N) is 2. The summed E-state index contributed by atoms with van der Waals surface area (Å²) in [5, 5.41) is 9.23. The number of halogens is 1. The van der Waals surface area contributed by atoms with Gasteiger partial charge in [-0.25, -0.2) is 9.37 Å². The molecule has 1 heterocycles. The Morgan fingerprint density at radius 2 is 2.30 bits per heavy atom. The molecule has 1 N–H and O–H groups in total. The molecule has 8 heteroatoms. The monoisotopic (exact) mass is 316 g/mol. The molecule has 0 radical (unpaired) electrons. The van der Waals surface area contributed by atoms with Crippen LogP contribution in [-0.4, -0.2) is 42.6 Å². The molecular weight excluding hydrogens is 303 g/mol. The Kier molecular flexibility index (Phi) is 4.77. The number of hydrogen-bond donors (Lipinski definition) is 1. The largest absolute Gasteiger partial charge is 0.481 e. The van der Waals surface area contributed by atoms with E-state index < -0.39 is 22.6 Å². The molecule has 0 fully saturated rings. The van der Waals surface area contributed by atoms with E-state index in [1.165, 1.54) is 12.1 Å². The molecule has 0 spiro atoms. The van der Waals surface area contributed by atoms with Crippen LogP contribution in [0.4, 0.5) is 4.39 Å². The Bertz CT molecular complexity index is 672. The van der Waals surface area contributed by atoms with Crippen LogP contribution in [0.1, 0.15) is 0 Å². The quantitative estimate of drug-likeness (QED) is 0.822. The Morgan fingerprint density at radius 1 is 1.55 bits per heavy atom. The van der Waals surface area contributed by atoms with E-state index in [-0.39, 0.29) is 5.75 Å². The van der Waals surface area contributed by atoms with E-state index in [2.05, 4.69) is 4.98 Å². The third-order valence-corrected chi connectivity index (χ3v) is 4.32. The highest BCUT2D eigenvalue weighted by atomic mass is 32.2. The van der Waals surface area contributed by atoms with Crippen molar-refractivity contribution in [2.75, 3.05) is 17.8 Å². The van der Waals surface area contributed by atoms with Crippen molar-refractivity contribution >= 4 is 39.6 Å². The van der Waals surface area contributed by atoms with Gasteiger partial charge in [0.25, 0.3) is 0 Å². The van der Waals surface area contributed by atoms with Crippen LogP contribution in [0.15, 0.2) is 23.4 Å². The van der Waals surface area contributed by atoms with Crippen LogP contribution < -0.4 is 0 Å². The summed E-state index contributed by atoms with van der Waals surface area (Å²) in [6.07, 6.45) is 1.60. The first-order chi connectivity index (χ1) is 9.47. The zero-order valence-electron chi connectivity index (χ0n) is 10.7. The number of carbonyl (C=O) groups is 1. The van der Waals surface area contributed by atoms with Crippen molar-refractivity contribution in [2.45, 2.75) is 11.7 Å². The van der Waals surface area contributed by atoms with Gasteiger partial charge >= 0.3 is 5.97 Å². The lowest BCUT2D eigenvalue weighted by Crippen LogP contribution is -2.08. The summed E-state index contributed by atoms with van der Waals surface area (Å²) >= 11 is 1.07. The van der Waals surface area contributed by atoms with Crippen molar-refractivity contribution in [3.63, 3.8) is 0 Å². The molecule has 1 atom stereocenters. The van der Waals surface area contributed by atoms with E-state index in [9.17, 15) is 13.4 Å². The average molecular weight is 316 g/mol. The van der Waals surface area contributed by atoms with Crippen LogP contribution >= 0.6 is 11.8 Å². The maximum Gasteiger partial charge on any atom is 0.313 e. The number of rotatable bonds is 6. The second-order valence-corrected chi connectivity index (χ2v) is 6.64. The molecule has 0 aliphatic rings. The zero-order chi connectivity index (χ0) is 14.7. The topological polar surface area (TPSA) is 72.2 Å². The van der Waals surface area contributed by atoms with Crippen molar-refractivity contribution in [3.8, 4) is 0 Å². The molecule has 2 rings (SSSR count). The predicted octanol–water partition coefficient (Wildman–Crippen LogP) is 1.73. The van der Waals surface area contributed by atoms with Gasteiger partial charge in [0.15, 0.2) is 5.16 Å². The lowest BCUT2D eigenvalue weighted by molar-refractivity contribution is -0.133. The smallest absolute Gasteiger partial charge is 0.313 e. The molecule has 0 aliphatic heterocycles. The molecule has 0 saturated carbocycles. The second kappa shape index (κ2) is 6.36. The average Bonchev–Trinajstić information content (AvgIpc) is 2.70. The third-order valence-electron chi connectivity index (χ3n) is 2.60. The zero-order valence-corrected chi connectivity index (χ0v) is 12.3. The number of benzene rings is 1.